The first-order valence-electron chi connectivity index (χ1n) is 16.5. The highest BCUT2D eigenvalue weighted by molar-refractivity contribution is 5.76. The largest absolute Gasteiger partial charge is 0.363 e. The van der Waals surface area contributed by atoms with Crippen molar-refractivity contribution in [2.75, 3.05) is 56.5 Å². The van der Waals surface area contributed by atoms with Crippen LogP contribution in [0.5, 0.6) is 0 Å². The lowest BCUT2D eigenvalue weighted by atomic mass is 9.86. The molecule has 4 aromatic heterocycles. The standard InChI is InChI=1S/C33H43N13O/c1-4-25-16-37-46(18-25)33(11-12-34)23-43(24-33)28-6-5-13-45-30(28)39-31(40-45)38-26-17-36-44(19-26)20-29(47)42-14-7-27(8-15-42)41(3)22-32(9-10-32)21-35-2/h5-6,13,16-19,27H,2,4,7-11,14-15,20-24H2,1,3H3,(H,38,40). The number of carbonyl (C=O) groups is 1. The highest BCUT2D eigenvalue weighted by atomic mass is 16.2. The first-order chi connectivity index (χ1) is 22.8. The molecule has 6 heterocycles. The molecule has 0 spiro atoms. The highest BCUT2D eigenvalue weighted by Crippen LogP contribution is 2.46. The van der Waals surface area contributed by atoms with Gasteiger partial charge in [-0.3, -0.25) is 14.2 Å². The zero-order valence-electron chi connectivity index (χ0n) is 27.3. The minimum absolute atomic E-state index is 0.0776. The van der Waals surface area contributed by atoms with Gasteiger partial charge in [-0.05, 0) is 63.6 Å². The van der Waals surface area contributed by atoms with Gasteiger partial charge in [-0.1, -0.05) is 6.92 Å². The van der Waals surface area contributed by atoms with Gasteiger partial charge in [-0.2, -0.15) is 20.4 Å². The summed E-state index contributed by atoms with van der Waals surface area (Å²) in [6.07, 6.45) is 15.0. The average molecular weight is 638 g/mol. The predicted molar refractivity (Wildman–Crippen MR) is 179 cm³/mol. The van der Waals surface area contributed by atoms with Crippen LogP contribution in [0, 0.1) is 16.7 Å². The molecule has 1 N–H and O–H groups in total. The van der Waals surface area contributed by atoms with Gasteiger partial charge in [-0.15, -0.1) is 5.10 Å². The summed E-state index contributed by atoms with van der Waals surface area (Å²) >= 11 is 0. The lowest BCUT2D eigenvalue weighted by Gasteiger charge is -2.50. The van der Waals surface area contributed by atoms with Crippen LogP contribution < -0.4 is 10.2 Å². The van der Waals surface area contributed by atoms with Crippen molar-refractivity contribution in [3.05, 3.63) is 48.7 Å². The number of amides is 1. The summed E-state index contributed by atoms with van der Waals surface area (Å²) in [4.78, 5) is 28.7. The molecule has 0 bridgehead atoms. The quantitative estimate of drug-likeness (QED) is 0.219. The molecule has 246 valence electrons. The molecular weight excluding hydrogens is 594 g/mol. The molecule has 2 aliphatic heterocycles. The van der Waals surface area contributed by atoms with E-state index in [2.05, 4.69) is 68.4 Å². The topological polar surface area (TPSA) is 141 Å². The molecule has 4 aromatic rings. The maximum Gasteiger partial charge on any atom is 0.247 e. The molecule has 1 saturated carbocycles. The fourth-order valence-electron chi connectivity index (χ4n) is 7.19. The summed E-state index contributed by atoms with van der Waals surface area (Å²) in [7, 11) is 2.21. The molecule has 3 fully saturated rings. The van der Waals surface area contributed by atoms with Crippen LogP contribution >= 0.6 is 0 Å². The fourth-order valence-corrected chi connectivity index (χ4v) is 7.19. The van der Waals surface area contributed by atoms with Crippen LogP contribution in [0.3, 0.4) is 0 Å². The van der Waals surface area contributed by atoms with Gasteiger partial charge in [0.25, 0.3) is 0 Å². The molecule has 47 heavy (non-hydrogen) atoms. The van der Waals surface area contributed by atoms with Gasteiger partial charge in [0, 0.05) is 69.3 Å². The number of nitrogens with one attached hydrogen (secondary N) is 1. The Bertz CT molecular complexity index is 1780. The van der Waals surface area contributed by atoms with E-state index in [1.54, 1.807) is 15.4 Å². The number of pyridine rings is 1. The molecule has 0 aromatic carbocycles. The number of fused-ring (bicyclic) bond motifs is 1. The van der Waals surface area contributed by atoms with E-state index in [1.807, 2.05) is 40.3 Å². The van der Waals surface area contributed by atoms with Gasteiger partial charge < -0.3 is 25.0 Å². The zero-order chi connectivity index (χ0) is 32.6. The van der Waals surface area contributed by atoms with E-state index >= 15 is 0 Å². The molecule has 0 radical (unpaired) electrons. The summed E-state index contributed by atoms with van der Waals surface area (Å²) in [6.45, 7) is 10.7. The van der Waals surface area contributed by atoms with E-state index < -0.39 is 0 Å². The molecule has 14 heteroatoms. The van der Waals surface area contributed by atoms with Crippen LogP contribution in [0.2, 0.25) is 0 Å². The smallest absolute Gasteiger partial charge is 0.247 e. The average Bonchev–Trinajstić information content (AvgIpc) is 3.40. The first-order valence-corrected chi connectivity index (χ1v) is 16.5. The maximum absolute atomic E-state index is 13.1. The number of rotatable bonds is 13. The van der Waals surface area contributed by atoms with E-state index in [4.69, 9.17) is 4.98 Å². The maximum atomic E-state index is 13.1. The first kappa shape index (κ1) is 30.9. The minimum atomic E-state index is -0.364. The van der Waals surface area contributed by atoms with Crippen molar-refractivity contribution < 1.29 is 4.79 Å². The summed E-state index contributed by atoms with van der Waals surface area (Å²) in [5.74, 6) is 0.517. The minimum Gasteiger partial charge on any atom is -0.363 e. The second-order valence-electron chi connectivity index (χ2n) is 13.6. The molecule has 0 atom stereocenters. The second kappa shape index (κ2) is 12.4. The van der Waals surface area contributed by atoms with Gasteiger partial charge in [0.1, 0.15) is 12.1 Å². The van der Waals surface area contributed by atoms with Crippen molar-refractivity contribution in [2.45, 2.75) is 63.6 Å². The Labute approximate surface area is 274 Å². The van der Waals surface area contributed by atoms with Gasteiger partial charge >= 0.3 is 0 Å². The van der Waals surface area contributed by atoms with Crippen LogP contribution in [0.4, 0.5) is 17.3 Å². The van der Waals surface area contributed by atoms with Crippen molar-refractivity contribution in [1.82, 2.24) is 44.0 Å². The van der Waals surface area contributed by atoms with Gasteiger partial charge in [0.05, 0.1) is 36.3 Å². The lowest BCUT2D eigenvalue weighted by molar-refractivity contribution is -0.133. The Morgan fingerprint density at radius 2 is 2.02 bits per heavy atom. The van der Waals surface area contributed by atoms with Crippen molar-refractivity contribution in [2.24, 2.45) is 10.4 Å². The molecule has 1 aliphatic carbocycles. The third kappa shape index (κ3) is 6.19. The van der Waals surface area contributed by atoms with Crippen molar-refractivity contribution in [3.63, 3.8) is 0 Å². The number of anilines is 3. The Morgan fingerprint density at radius 1 is 1.21 bits per heavy atom. The molecular formula is C33H43N13O. The van der Waals surface area contributed by atoms with Crippen molar-refractivity contribution in [1.29, 1.82) is 5.26 Å². The van der Waals surface area contributed by atoms with Gasteiger partial charge in [-0.25, -0.2) is 4.52 Å². The van der Waals surface area contributed by atoms with Crippen LogP contribution in [0.15, 0.2) is 48.1 Å². The molecule has 1 amide bonds. The summed E-state index contributed by atoms with van der Waals surface area (Å²) in [6, 6.07) is 6.82. The van der Waals surface area contributed by atoms with Crippen LogP contribution in [-0.2, 0) is 23.3 Å². The number of nitriles is 1. The van der Waals surface area contributed by atoms with Crippen LogP contribution in [-0.4, -0.2) is 109 Å². The number of aliphatic imine (C=N–C) groups is 1. The Morgan fingerprint density at radius 3 is 2.72 bits per heavy atom. The number of likely N-dealkylation sites (tertiary alicyclic amines) is 1. The number of nitrogens with zero attached hydrogens (tertiary/aromatic N) is 12. The highest BCUT2D eigenvalue weighted by Gasteiger charge is 2.46. The Hall–Kier alpha value is -4.77. The summed E-state index contributed by atoms with van der Waals surface area (Å²) in [5.41, 5.74) is 3.50. The number of hydrogen-bond donors (Lipinski definition) is 1. The van der Waals surface area contributed by atoms with E-state index in [9.17, 15) is 10.1 Å². The van der Waals surface area contributed by atoms with E-state index in [1.165, 1.54) is 12.8 Å². The zero-order valence-corrected chi connectivity index (χ0v) is 27.3. The van der Waals surface area contributed by atoms with Crippen molar-refractivity contribution in [3.8, 4) is 6.07 Å². The van der Waals surface area contributed by atoms with Crippen molar-refractivity contribution >= 4 is 35.6 Å². The normalized spacial score (nSPS) is 18.7. The van der Waals surface area contributed by atoms with Gasteiger partial charge in [0.15, 0.2) is 5.65 Å². The number of aryl methyl sites for hydroxylation is 1. The molecule has 14 nitrogen and oxygen atoms in total. The van der Waals surface area contributed by atoms with Crippen LogP contribution in [0.25, 0.3) is 5.65 Å². The molecule has 0 unspecified atom stereocenters. The number of carbonyl (C=O) groups excluding carboxylic acids is 1. The van der Waals surface area contributed by atoms with Gasteiger partial charge in [0.2, 0.25) is 11.9 Å². The monoisotopic (exact) mass is 637 g/mol. The third-order valence-electron chi connectivity index (χ3n) is 10.2. The number of piperidine rings is 1. The number of aromatic nitrogens is 7. The summed E-state index contributed by atoms with van der Waals surface area (Å²) < 4.78 is 5.37. The molecule has 3 aliphatic rings. The molecule has 2 saturated heterocycles. The Balaban J connectivity index is 0.943. The number of hydrogen-bond acceptors (Lipinski definition) is 10. The van der Waals surface area contributed by atoms with E-state index in [0.717, 1.165) is 62.3 Å². The van der Waals surface area contributed by atoms with E-state index in [0.29, 0.717) is 42.6 Å². The van der Waals surface area contributed by atoms with E-state index in [-0.39, 0.29) is 18.0 Å². The van der Waals surface area contributed by atoms with Crippen LogP contribution in [0.1, 0.15) is 44.6 Å². The third-order valence-corrected chi connectivity index (χ3v) is 10.2. The molecule has 7 rings (SSSR count). The predicted octanol–water partition coefficient (Wildman–Crippen LogP) is 2.96. The Kier molecular flexibility index (Phi) is 8.17. The second-order valence-corrected chi connectivity index (χ2v) is 13.6. The SMILES string of the molecule is C=NCC1(CN(C)C2CCN(C(=O)Cn3cc(Nc4nc5c(N6CC(CC#N)(n7cc(CC)cn7)C6)cccn5n4)cn3)CC2)CC1. The summed E-state index contributed by atoms with van der Waals surface area (Å²) in [5, 5.41) is 26.5. The lowest BCUT2D eigenvalue weighted by Crippen LogP contribution is -2.63. The fraction of sp³-hybridized carbons (Fsp3) is 0.545.